The summed E-state index contributed by atoms with van der Waals surface area (Å²) in [6.45, 7) is 0.676. The Morgan fingerprint density at radius 1 is 1.30 bits per heavy atom. The van der Waals surface area contributed by atoms with Crippen LogP contribution in [0.1, 0.15) is 44.1 Å². The third-order valence-electron chi connectivity index (χ3n) is 5.07. The monoisotopic (exact) mass is 467 g/mol. The summed E-state index contributed by atoms with van der Waals surface area (Å²) in [5.74, 6) is -0.894. The molecule has 3 rings (SSSR count). The molecule has 2 amide bonds. The number of aliphatic carboxylic acids is 1. The Hall–Kier alpha value is -1.77. The van der Waals surface area contributed by atoms with Crippen LogP contribution in [0.25, 0.3) is 0 Å². The highest BCUT2D eigenvalue weighted by molar-refractivity contribution is 8.01. The van der Waals surface area contributed by atoms with Crippen LogP contribution in [0.2, 0.25) is 5.02 Å². The maximum atomic E-state index is 13.0. The Morgan fingerprint density at radius 2 is 2.10 bits per heavy atom. The summed E-state index contributed by atoms with van der Waals surface area (Å²) in [4.78, 5) is 30.0. The molecule has 0 bridgehead atoms. The van der Waals surface area contributed by atoms with Gasteiger partial charge in [-0.1, -0.05) is 54.3 Å². The lowest BCUT2D eigenvalue weighted by atomic mass is 9.94. The van der Waals surface area contributed by atoms with E-state index < -0.39 is 5.97 Å². The third-order valence-corrected chi connectivity index (χ3v) is 7.39. The third kappa shape index (κ3) is 7.18. The quantitative estimate of drug-likeness (QED) is 0.457. The second-order valence-electron chi connectivity index (χ2n) is 7.32. The lowest BCUT2D eigenvalue weighted by Gasteiger charge is -2.34. The van der Waals surface area contributed by atoms with Gasteiger partial charge in [-0.25, -0.2) is 9.78 Å². The topological polar surface area (TPSA) is 82.5 Å². The number of aryl methyl sites for hydroxylation is 1. The zero-order chi connectivity index (χ0) is 21.3. The van der Waals surface area contributed by atoms with Crippen molar-refractivity contribution in [2.24, 2.45) is 0 Å². The lowest BCUT2D eigenvalue weighted by Crippen LogP contribution is -2.44. The first kappa shape index (κ1) is 22.9. The molecule has 0 saturated heterocycles. The number of hydrogen-bond donors (Lipinski definition) is 2. The van der Waals surface area contributed by atoms with Gasteiger partial charge >= 0.3 is 12.0 Å². The fraction of sp³-hybridized carbons (Fsp3) is 0.476. The zero-order valence-corrected chi connectivity index (χ0v) is 19.1. The molecule has 6 nitrogen and oxygen atoms in total. The van der Waals surface area contributed by atoms with Crippen LogP contribution >= 0.6 is 34.7 Å². The Bertz CT molecular complexity index is 856. The number of thioether (sulfide) groups is 1. The van der Waals surface area contributed by atoms with Crippen LogP contribution in [0.5, 0.6) is 0 Å². The van der Waals surface area contributed by atoms with Gasteiger partial charge in [-0.15, -0.1) is 11.8 Å². The highest BCUT2D eigenvalue weighted by atomic mass is 35.5. The number of benzene rings is 1. The van der Waals surface area contributed by atoms with Crippen molar-refractivity contribution in [2.75, 3.05) is 17.6 Å². The van der Waals surface area contributed by atoms with E-state index in [9.17, 15) is 9.59 Å². The van der Waals surface area contributed by atoms with E-state index in [1.165, 1.54) is 35.1 Å². The zero-order valence-electron chi connectivity index (χ0n) is 16.7. The molecule has 1 fully saturated rings. The van der Waals surface area contributed by atoms with Gasteiger partial charge in [-0.2, -0.15) is 0 Å². The molecular formula is C21H26ClN3O3S2. The number of urea groups is 1. The molecular weight excluding hydrogens is 442 g/mol. The number of thiazole rings is 1. The summed E-state index contributed by atoms with van der Waals surface area (Å²) < 4.78 is 0.776. The van der Waals surface area contributed by atoms with Gasteiger partial charge in [0.2, 0.25) is 0 Å². The number of hydrogen-bond acceptors (Lipinski definition) is 5. The molecule has 9 heteroatoms. The molecule has 1 aromatic heterocycles. The predicted octanol–water partition coefficient (Wildman–Crippen LogP) is 5.77. The van der Waals surface area contributed by atoms with Gasteiger partial charge < -0.3 is 10.0 Å². The largest absolute Gasteiger partial charge is 0.481 e. The van der Waals surface area contributed by atoms with Crippen LogP contribution in [-0.2, 0) is 11.2 Å². The Morgan fingerprint density at radius 3 is 2.83 bits per heavy atom. The van der Waals surface area contributed by atoms with Gasteiger partial charge in [0.25, 0.3) is 0 Å². The molecule has 1 saturated carbocycles. The Labute approximate surface area is 190 Å². The smallest absolute Gasteiger partial charge is 0.323 e. The number of carboxylic acids is 1. The van der Waals surface area contributed by atoms with E-state index in [1.54, 1.807) is 6.20 Å². The average Bonchev–Trinajstić information content (AvgIpc) is 3.17. The van der Waals surface area contributed by atoms with Crippen molar-refractivity contribution in [3.8, 4) is 0 Å². The minimum Gasteiger partial charge on any atom is -0.481 e. The Kier molecular flexibility index (Phi) is 8.84. The number of nitrogens with one attached hydrogen (secondary N) is 1. The van der Waals surface area contributed by atoms with E-state index >= 15 is 0 Å². The lowest BCUT2D eigenvalue weighted by molar-refractivity contribution is -0.133. The second kappa shape index (κ2) is 11.6. The first-order valence-electron chi connectivity index (χ1n) is 10.1. The number of carbonyl (C=O) groups is 2. The minimum atomic E-state index is -0.873. The number of nitrogens with zero attached hydrogens (tertiary/aromatic N) is 2. The molecule has 0 radical (unpaired) electrons. The maximum absolute atomic E-state index is 13.0. The van der Waals surface area contributed by atoms with Crippen LogP contribution in [0.3, 0.4) is 0 Å². The highest BCUT2D eigenvalue weighted by Crippen LogP contribution is 2.29. The van der Waals surface area contributed by atoms with Gasteiger partial charge in [0, 0.05) is 17.6 Å². The number of carboxylic acid groups (broad SMARTS) is 1. The highest BCUT2D eigenvalue weighted by Gasteiger charge is 2.25. The van der Waals surface area contributed by atoms with Crippen molar-refractivity contribution in [1.29, 1.82) is 0 Å². The molecule has 0 spiro atoms. The van der Waals surface area contributed by atoms with E-state index in [2.05, 4.69) is 16.4 Å². The summed E-state index contributed by atoms with van der Waals surface area (Å²) in [6, 6.07) is 7.97. The molecule has 1 aliphatic rings. The van der Waals surface area contributed by atoms with E-state index in [1.807, 2.05) is 23.1 Å². The SMILES string of the molecule is O=C(O)CSc1cnc(NC(=O)N(CCCc2cccc(Cl)c2)C2CCCCC2)s1. The minimum absolute atomic E-state index is 0.0206. The molecule has 1 aromatic carbocycles. The summed E-state index contributed by atoms with van der Waals surface area (Å²) in [6.07, 6.45) is 8.92. The van der Waals surface area contributed by atoms with Crippen molar-refractivity contribution < 1.29 is 14.7 Å². The molecule has 2 aromatic rings. The molecule has 162 valence electrons. The number of rotatable bonds is 9. The standard InChI is InChI=1S/C21H26ClN3O3S2/c22-16-8-4-6-15(12-16)7-5-11-25(17-9-2-1-3-10-17)21(28)24-20-23-13-19(30-20)29-14-18(26)27/h4,6,8,12-13,17H,1-3,5,7,9-11,14H2,(H,26,27)(H,23,24,28). The van der Waals surface area contributed by atoms with Crippen LogP contribution in [0.15, 0.2) is 34.7 Å². The normalized spacial score (nSPS) is 14.4. The molecule has 30 heavy (non-hydrogen) atoms. The van der Waals surface area contributed by atoms with Crippen molar-refractivity contribution in [3.63, 3.8) is 0 Å². The fourth-order valence-electron chi connectivity index (χ4n) is 3.67. The average molecular weight is 468 g/mol. The van der Waals surface area contributed by atoms with Crippen molar-refractivity contribution in [1.82, 2.24) is 9.88 Å². The maximum Gasteiger partial charge on any atom is 0.323 e. The summed E-state index contributed by atoms with van der Waals surface area (Å²) in [5.41, 5.74) is 1.17. The molecule has 0 atom stereocenters. The van der Waals surface area contributed by atoms with Gasteiger partial charge in [-0.3, -0.25) is 10.1 Å². The van der Waals surface area contributed by atoms with Crippen LogP contribution in [-0.4, -0.2) is 45.3 Å². The van der Waals surface area contributed by atoms with Gasteiger partial charge in [0.05, 0.1) is 16.2 Å². The first-order chi connectivity index (χ1) is 14.5. The second-order valence-corrected chi connectivity index (χ2v) is 10.1. The molecule has 1 aliphatic carbocycles. The van der Waals surface area contributed by atoms with Crippen LogP contribution < -0.4 is 5.32 Å². The van der Waals surface area contributed by atoms with E-state index in [0.717, 1.165) is 47.8 Å². The van der Waals surface area contributed by atoms with E-state index in [4.69, 9.17) is 16.7 Å². The van der Waals surface area contributed by atoms with Crippen LogP contribution in [0, 0.1) is 0 Å². The van der Waals surface area contributed by atoms with Crippen LogP contribution in [0.4, 0.5) is 9.93 Å². The van der Waals surface area contributed by atoms with Gasteiger partial charge in [0.1, 0.15) is 0 Å². The van der Waals surface area contributed by atoms with Crippen molar-refractivity contribution in [3.05, 3.63) is 41.0 Å². The molecule has 2 N–H and O–H groups in total. The number of amides is 2. The first-order valence-corrected chi connectivity index (χ1v) is 12.3. The number of carbonyl (C=O) groups excluding carboxylic acids is 1. The molecule has 0 aliphatic heterocycles. The summed E-state index contributed by atoms with van der Waals surface area (Å²) in [5, 5.41) is 13.0. The summed E-state index contributed by atoms with van der Waals surface area (Å²) in [7, 11) is 0. The van der Waals surface area contributed by atoms with Crippen molar-refractivity contribution >= 4 is 51.8 Å². The fourth-order valence-corrected chi connectivity index (χ4v) is 5.46. The molecule has 0 unspecified atom stereocenters. The Balaban J connectivity index is 1.59. The van der Waals surface area contributed by atoms with Gasteiger partial charge in [-0.05, 0) is 43.4 Å². The van der Waals surface area contributed by atoms with E-state index in [-0.39, 0.29) is 17.8 Å². The van der Waals surface area contributed by atoms with Gasteiger partial charge in [0.15, 0.2) is 5.13 Å². The number of aromatic nitrogens is 1. The number of anilines is 1. The summed E-state index contributed by atoms with van der Waals surface area (Å²) >= 11 is 8.59. The predicted molar refractivity (Wildman–Crippen MR) is 123 cm³/mol. The molecule has 1 heterocycles. The number of halogens is 1. The van der Waals surface area contributed by atoms with Crippen molar-refractivity contribution in [2.45, 2.75) is 55.2 Å². The van der Waals surface area contributed by atoms with E-state index in [0.29, 0.717) is 11.7 Å².